The van der Waals surface area contributed by atoms with Gasteiger partial charge < -0.3 is 10.6 Å². The number of hydrogen-bond donors (Lipinski definition) is 1. The van der Waals surface area contributed by atoms with E-state index in [1.807, 2.05) is 38.7 Å². The van der Waals surface area contributed by atoms with Crippen molar-refractivity contribution in [2.75, 3.05) is 0 Å². The molecule has 0 aromatic carbocycles. The van der Waals surface area contributed by atoms with Crippen LogP contribution in [-0.4, -0.2) is 32.4 Å². The Morgan fingerprint density at radius 1 is 1.44 bits per heavy atom. The van der Waals surface area contributed by atoms with Crippen LogP contribution in [0.3, 0.4) is 0 Å². The largest absolute Gasteiger partial charge is 0.328 e. The summed E-state index contributed by atoms with van der Waals surface area (Å²) < 4.78 is 0. The minimum Gasteiger partial charge on any atom is -0.328 e. The Bertz CT molecular complexity index is 466. The Hall–Kier alpha value is -1.49. The molecule has 5 heteroatoms. The average molecular weight is 248 g/mol. The Labute approximate surface area is 107 Å². The van der Waals surface area contributed by atoms with Crippen molar-refractivity contribution >= 4 is 5.91 Å². The zero-order valence-corrected chi connectivity index (χ0v) is 11.3. The number of carbonyl (C=O) groups is 1. The lowest BCUT2D eigenvalue weighted by Crippen LogP contribution is -2.45. The van der Waals surface area contributed by atoms with Gasteiger partial charge in [0.15, 0.2) is 0 Å². The molecular formula is C13H20N4O. The first-order valence-electron chi connectivity index (χ1n) is 6.18. The highest BCUT2D eigenvalue weighted by Crippen LogP contribution is 2.36. The molecular weight excluding hydrogens is 228 g/mol. The Balaban J connectivity index is 2.43. The van der Waals surface area contributed by atoms with Crippen LogP contribution in [0.25, 0.3) is 0 Å². The van der Waals surface area contributed by atoms with E-state index in [2.05, 4.69) is 9.97 Å². The van der Waals surface area contributed by atoms with Crippen LogP contribution in [0.4, 0.5) is 0 Å². The molecule has 0 aliphatic carbocycles. The molecule has 0 radical (unpaired) electrons. The number of aromatic nitrogens is 2. The van der Waals surface area contributed by atoms with Crippen LogP contribution < -0.4 is 5.73 Å². The highest BCUT2D eigenvalue weighted by molar-refractivity contribution is 5.81. The van der Waals surface area contributed by atoms with Crippen molar-refractivity contribution in [2.45, 2.75) is 51.7 Å². The fourth-order valence-corrected chi connectivity index (χ4v) is 2.54. The quantitative estimate of drug-likeness (QED) is 0.810. The maximum Gasteiger partial charge on any atom is 0.225 e. The first-order chi connectivity index (χ1) is 8.30. The van der Waals surface area contributed by atoms with E-state index in [0.29, 0.717) is 12.2 Å². The molecule has 1 fully saturated rings. The summed E-state index contributed by atoms with van der Waals surface area (Å²) in [5.41, 5.74) is 6.69. The smallest absolute Gasteiger partial charge is 0.225 e. The summed E-state index contributed by atoms with van der Waals surface area (Å²) in [6.07, 6.45) is 2.10. The van der Waals surface area contributed by atoms with E-state index >= 15 is 0 Å². The van der Waals surface area contributed by atoms with Gasteiger partial charge in [-0.3, -0.25) is 4.79 Å². The van der Waals surface area contributed by atoms with E-state index in [1.54, 1.807) is 6.20 Å². The summed E-state index contributed by atoms with van der Waals surface area (Å²) >= 11 is 0. The van der Waals surface area contributed by atoms with E-state index in [0.717, 1.165) is 5.69 Å². The van der Waals surface area contributed by atoms with Gasteiger partial charge in [0.2, 0.25) is 5.91 Å². The minimum atomic E-state index is -0.255. The SMILES string of the molecule is Cc1nccc(C2C(N)CC(=O)N2C(C)(C)C)n1. The van der Waals surface area contributed by atoms with Crippen LogP contribution in [0.15, 0.2) is 12.3 Å². The molecule has 1 aromatic heterocycles. The molecule has 2 N–H and O–H groups in total. The summed E-state index contributed by atoms with van der Waals surface area (Å²) in [7, 11) is 0. The van der Waals surface area contributed by atoms with Crippen LogP contribution in [0.2, 0.25) is 0 Å². The molecule has 2 rings (SSSR count). The number of rotatable bonds is 1. The summed E-state index contributed by atoms with van der Waals surface area (Å²) in [6.45, 7) is 7.89. The first-order valence-corrected chi connectivity index (χ1v) is 6.18. The number of hydrogen-bond acceptors (Lipinski definition) is 4. The fourth-order valence-electron chi connectivity index (χ4n) is 2.54. The second-order valence-electron chi connectivity index (χ2n) is 5.78. The summed E-state index contributed by atoms with van der Waals surface area (Å²) in [5.74, 6) is 0.796. The molecule has 0 bridgehead atoms. The topological polar surface area (TPSA) is 72.1 Å². The van der Waals surface area contributed by atoms with Crippen LogP contribution in [0.1, 0.15) is 44.8 Å². The van der Waals surface area contributed by atoms with Gasteiger partial charge in [0.1, 0.15) is 5.82 Å². The van der Waals surface area contributed by atoms with E-state index < -0.39 is 0 Å². The third kappa shape index (κ3) is 2.22. The van der Waals surface area contributed by atoms with Gasteiger partial charge in [-0.25, -0.2) is 9.97 Å². The molecule has 2 atom stereocenters. The van der Waals surface area contributed by atoms with Crippen LogP contribution >= 0.6 is 0 Å². The van der Waals surface area contributed by atoms with Crippen molar-refractivity contribution in [3.63, 3.8) is 0 Å². The lowest BCUT2D eigenvalue weighted by Gasteiger charge is -2.37. The van der Waals surface area contributed by atoms with Gasteiger partial charge in [-0.1, -0.05) is 0 Å². The standard InChI is InChI=1S/C13H20N4O/c1-8-15-6-5-10(16-8)12-9(14)7-11(18)17(12)13(2,3)4/h5-6,9,12H,7,14H2,1-4H3. The zero-order valence-electron chi connectivity index (χ0n) is 11.3. The van der Waals surface area contributed by atoms with Crippen molar-refractivity contribution in [3.8, 4) is 0 Å². The lowest BCUT2D eigenvalue weighted by molar-refractivity contribution is -0.133. The maximum atomic E-state index is 12.1. The zero-order chi connectivity index (χ0) is 13.5. The summed E-state index contributed by atoms with van der Waals surface area (Å²) in [5, 5.41) is 0. The second kappa shape index (κ2) is 4.31. The first kappa shape index (κ1) is 13.0. The van der Waals surface area contributed by atoms with E-state index in [9.17, 15) is 4.79 Å². The summed E-state index contributed by atoms with van der Waals surface area (Å²) in [6, 6.07) is 1.49. The second-order valence-corrected chi connectivity index (χ2v) is 5.78. The summed E-state index contributed by atoms with van der Waals surface area (Å²) in [4.78, 5) is 22.5. The van der Waals surface area contributed by atoms with Gasteiger partial charge in [-0.2, -0.15) is 0 Å². The molecule has 1 saturated heterocycles. The molecule has 98 valence electrons. The Morgan fingerprint density at radius 3 is 2.67 bits per heavy atom. The molecule has 5 nitrogen and oxygen atoms in total. The fraction of sp³-hybridized carbons (Fsp3) is 0.615. The van der Waals surface area contributed by atoms with Crippen LogP contribution in [0, 0.1) is 6.92 Å². The highest BCUT2D eigenvalue weighted by Gasteiger charge is 2.44. The average Bonchev–Trinajstić information content (AvgIpc) is 2.53. The van der Waals surface area contributed by atoms with Gasteiger partial charge in [0.25, 0.3) is 0 Å². The van der Waals surface area contributed by atoms with E-state index in [4.69, 9.17) is 5.73 Å². The molecule has 0 saturated carbocycles. The Kier molecular flexibility index (Phi) is 3.11. The van der Waals surface area contributed by atoms with Crippen molar-refractivity contribution < 1.29 is 4.79 Å². The predicted molar refractivity (Wildman–Crippen MR) is 68.7 cm³/mol. The van der Waals surface area contributed by atoms with Gasteiger partial charge in [-0.05, 0) is 33.8 Å². The van der Waals surface area contributed by atoms with E-state index in [-0.39, 0.29) is 23.5 Å². The van der Waals surface area contributed by atoms with Gasteiger partial charge >= 0.3 is 0 Å². The predicted octanol–water partition coefficient (Wildman–Crippen LogP) is 1.18. The molecule has 1 aliphatic rings. The number of carbonyl (C=O) groups excluding carboxylic acids is 1. The number of nitrogens with two attached hydrogens (primary N) is 1. The van der Waals surface area contributed by atoms with Crippen molar-refractivity contribution in [1.82, 2.24) is 14.9 Å². The molecule has 0 spiro atoms. The molecule has 1 amide bonds. The third-order valence-electron chi connectivity index (χ3n) is 3.19. The monoisotopic (exact) mass is 248 g/mol. The minimum absolute atomic E-state index is 0.0938. The van der Waals surface area contributed by atoms with Crippen molar-refractivity contribution in [3.05, 3.63) is 23.8 Å². The molecule has 1 aromatic rings. The molecule has 2 unspecified atom stereocenters. The normalized spacial score (nSPS) is 24.7. The molecule has 18 heavy (non-hydrogen) atoms. The lowest BCUT2D eigenvalue weighted by atomic mass is 10.0. The number of nitrogens with zero attached hydrogens (tertiary/aromatic N) is 3. The molecule has 2 heterocycles. The number of amides is 1. The van der Waals surface area contributed by atoms with Crippen LogP contribution in [0.5, 0.6) is 0 Å². The number of aryl methyl sites for hydroxylation is 1. The van der Waals surface area contributed by atoms with Gasteiger partial charge in [-0.15, -0.1) is 0 Å². The van der Waals surface area contributed by atoms with Gasteiger partial charge in [0.05, 0.1) is 11.7 Å². The number of likely N-dealkylation sites (tertiary alicyclic amines) is 1. The van der Waals surface area contributed by atoms with Gasteiger partial charge in [0, 0.05) is 24.2 Å². The third-order valence-corrected chi connectivity index (χ3v) is 3.19. The maximum absolute atomic E-state index is 12.1. The van der Waals surface area contributed by atoms with E-state index in [1.165, 1.54) is 0 Å². The Morgan fingerprint density at radius 2 is 2.11 bits per heavy atom. The van der Waals surface area contributed by atoms with Crippen LogP contribution in [-0.2, 0) is 4.79 Å². The molecule has 1 aliphatic heterocycles. The highest BCUT2D eigenvalue weighted by atomic mass is 16.2. The van der Waals surface area contributed by atoms with Crippen molar-refractivity contribution in [2.24, 2.45) is 5.73 Å². The van der Waals surface area contributed by atoms with Crippen molar-refractivity contribution in [1.29, 1.82) is 0 Å².